The van der Waals surface area contributed by atoms with E-state index in [1.165, 1.54) is 24.0 Å². The molecule has 1 aliphatic rings. The van der Waals surface area contributed by atoms with Gasteiger partial charge in [0.25, 0.3) is 0 Å². The van der Waals surface area contributed by atoms with Gasteiger partial charge in [0.1, 0.15) is 11.6 Å². The lowest BCUT2D eigenvalue weighted by molar-refractivity contribution is 0.239. The van der Waals surface area contributed by atoms with Gasteiger partial charge < -0.3 is 19.9 Å². The maximum Gasteiger partial charge on any atom is 0.191 e. The summed E-state index contributed by atoms with van der Waals surface area (Å²) >= 11 is 0. The van der Waals surface area contributed by atoms with Gasteiger partial charge in [-0.2, -0.15) is 0 Å². The van der Waals surface area contributed by atoms with Gasteiger partial charge in [0.2, 0.25) is 0 Å². The summed E-state index contributed by atoms with van der Waals surface area (Å²) in [5.74, 6) is 2.67. The second-order valence-corrected chi connectivity index (χ2v) is 8.26. The van der Waals surface area contributed by atoms with Gasteiger partial charge in [0.05, 0.1) is 19.7 Å². The summed E-state index contributed by atoms with van der Waals surface area (Å²) in [6, 6.07) is 19.0. The van der Waals surface area contributed by atoms with Gasteiger partial charge in [-0.15, -0.1) is 24.0 Å². The van der Waals surface area contributed by atoms with Crippen LogP contribution in [0.3, 0.4) is 0 Å². The summed E-state index contributed by atoms with van der Waals surface area (Å²) < 4.78 is 7.83. The van der Waals surface area contributed by atoms with Crippen LogP contribution in [0.1, 0.15) is 35.8 Å². The number of nitrogens with zero attached hydrogens (tertiary/aromatic N) is 4. The lowest BCUT2D eigenvalue weighted by Crippen LogP contribution is -2.42. The molecule has 2 N–H and O–H groups in total. The Kier molecular flexibility index (Phi) is 10.2. The molecular formula is C26H35IN6O. The van der Waals surface area contributed by atoms with Crippen LogP contribution in [-0.4, -0.2) is 54.2 Å². The molecule has 1 fully saturated rings. The fourth-order valence-electron chi connectivity index (χ4n) is 4.44. The van der Waals surface area contributed by atoms with Crippen molar-refractivity contribution in [2.45, 2.75) is 32.0 Å². The second-order valence-electron chi connectivity index (χ2n) is 8.26. The fourth-order valence-corrected chi connectivity index (χ4v) is 4.44. The molecule has 182 valence electrons. The van der Waals surface area contributed by atoms with E-state index in [1.54, 1.807) is 14.2 Å². The van der Waals surface area contributed by atoms with Crippen LogP contribution in [0.25, 0.3) is 0 Å². The van der Waals surface area contributed by atoms with Crippen molar-refractivity contribution >= 4 is 29.9 Å². The average molecular weight is 575 g/mol. The van der Waals surface area contributed by atoms with Gasteiger partial charge in [-0.1, -0.05) is 48.5 Å². The smallest absolute Gasteiger partial charge is 0.191 e. The highest BCUT2D eigenvalue weighted by Gasteiger charge is 2.26. The number of imidazole rings is 1. The third-order valence-electron chi connectivity index (χ3n) is 6.18. The molecular weight excluding hydrogens is 539 g/mol. The minimum atomic E-state index is 0. The number of aliphatic imine (C=N–C) groups is 1. The number of ether oxygens (including phenoxy) is 1. The zero-order valence-electron chi connectivity index (χ0n) is 20.0. The van der Waals surface area contributed by atoms with Crippen molar-refractivity contribution < 1.29 is 4.74 Å². The van der Waals surface area contributed by atoms with Crippen molar-refractivity contribution in [2.24, 2.45) is 4.99 Å². The first kappa shape index (κ1) is 26.0. The fraction of sp³-hybridized carbons (Fsp3) is 0.385. The van der Waals surface area contributed by atoms with E-state index in [-0.39, 0.29) is 30.0 Å². The van der Waals surface area contributed by atoms with Gasteiger partial charge in [-0.05, 0) is 37.6 Å². The average Bonchev–Trinajstić information content (AvgIpc) is 3.55. The van der Waals surface area contributed by atoms with Gasteiger partial charge >= 0.3 is 0 Å². The Hall–Kier alpha value is -2.59. The summed E-state index contributed by atoms with van der Waals surface area (Å²) in [5.41, 5.74) is 2.47. The molecule has 0 bridgehead atoms. The molecule has 1 unspecified atom stereocenters. The Bertz CT molecular complexity index is 1030. The number of para-hydroxylation sites is 1. The van der Waals surface area contributed by atoms with Crippen LogP contribution in [-0.2, 0) is 13.1 Å². The van der Waals surface area contributed by atoms with Crippen LogP contribution in [0.5, 0.6) is 5.75 Å². The number of benzene rings is 2. The minimum Gasteiger partial charge on any atom is -0.496 e. The summed E-state index contributed by atoms with van der Waals surface area (Å²) in [6.45, 7) is 4.36. The minimum absolute atomic E-state index is 0. The Morgan fingerprint density at radius 2 is 1.79 bits per heavy atom. The molecule has 1 aliphatic heterocycles. The molecule has 0 radical (unpaired) electrons. The van der Waals surface area contributed by atoms with Crippen molar-refractivity contribution in [1.29, 1.82) is 0 Å². The molecule has 0 amide bonds. The maximum atomic E-state index is 5.67. The first-order valence-corrected chi connectivity index (χ1v) is 11.6. The predicted molar refractivity (Wildman–Crippen MR) is 148 cm³/mol. The van der Waals surface area contributed by atoms with E-state index in [0.29, 0.717) is 6.54 Å². The Labute approximate surface area is 219 Å². The molecule has 0 aliphatic carbocycles. The number of hydrogen-bond acceptors (Lipinski definition) is 4. The zero-order chi connectivity index (χ0) is 22.9. The number of methoxy groups -OCH3 is 1. The van der Waals surface area contributed by atoms with Crippen LogP contribution < -0.4 is 15.4 Å². The molecule has 4 rings (SSSR count). The molecule has 2 heterocycles. The molecule has 7 nitrogen and oxygen atoms in total. The number of halogens is 1. The summed E-state index contributed by atoms with van der Waals surface area (Å²) in [5, 5.41) is 6.96. The number of hydrogen-bond donors (Lipinski definition) is 2. The number of aromatic nitrogens is 2. The quantitative estimate of drug-likeness (QED) is 0.229. The maximum absolute atomic E-state index is 5.67. The number of rotatable bonds is 9. The van der Waals surface area contributed by atoms with Crippen LogP contribution in [0.2, 0.25) is 0 Å². The SMILES string of the molecule is CN=C(NCc1nccn1Cc1ccccc1)NCC(c1ccccc1OC)N1CCCC1.I. The standard InChI is InChI=1S/C26H34N6O.HI/c1-27-26(30-19-25-28-14-17-32(25)20-21-10-4-3-5-11-21)29-18-23(31-15-8-9-16-31)22-12-6-7-13-24(22)33-2;/h3-7,10-14,17,23H,8-9,15-16,18-20H2,1-2H3,(H2,27,29,30);1H. The highest BCUT2D eigenvalue weighted by atomic mass is 127. The normalized spacial score (nSPS) is 14.9. The van der Waals surface area contributed by atoms with Crippen LogP contribution in [0, 0.1) is 0 Å². The molecule has 1 aromatic heterocycles. The van der Waals surface area contributed by atoms with Gasteiger partial charge in [-0.25, -0.2) is 4.98 Å². The monoisotopic (exact) mass is 574 g/mol. The molecule has 8 heteroatoms. The largest absolute Gasteiger partial charge is 0.496 e. The first-order chi connectivity index (χ1) is 16.3. The number of guanidine groups is 1. The number of nitrogens with one attached hydrogen (secondary N) is 2. The lowest BCUT2D eigenvalue weighted by atomic mass is 10.0. The molecule has 0 spiro atoms. The zero-order valence-corrected chi connectivity index (χ0v) is 22.3. The third kappa shape index (κ3) is 6.73. The van der Waals surface area contributed by atoms with Crippen molar-refractivity contribution in [3.05, 3.63) is 83.9 Å². The molecule has 1 saturated heterocycles. The van der Waals surface area contributed by atoms with Crippen molar-refractivity contribution in [3.63, 3.8) is 0 Å². The second kappa shape index (κ2) is 13.3. The Balaban J connectivity index is 0.00000324. The van der Waals surface area contributed by atoms with Crippen molar-refractivity contribution in [2.75, 3.05) is 33.8 Å². The summed E-state index contributed by atoms with van der Waals surface area (Å²) in [4.78, 5) is 11.5. The molecule has 3 aromatic rings. The molecule has 1 atom stereocenters. The lowest BCUT2D eigenvalue weighted by Gasteiger charge is -2.30. The van der Waals surface area contributed by atoms with Gasteiger partial charge in [0.15, 0.2) is 5.96 Å². The highest BCUT2D eigenvalue weighted by molar-refractivity contribution is 14.0. The topological polar surface area (TPSA) is 66.7 Å². The summed E-state index contributed by atoms with van der Waals surface area (Å²) in [7, 11) is 3.55. The molecule has 0 saturated carbocycles. The highest BCUT2D eigenvalue weighted by Crippen LogP contribution is 2.31. The van der Waals surface area contributed by atoms with Crippen molar-refractivity contribution in [1.82, 2.24) is 25.1 Å². The predicted octanol–water partition coefficient (Wildman–Crippen LogP) is 4.06. The van der Waals surface area contributed by atoms with Crippen LogP contribution in [0.4, 0.5) is 0 Å². The van der Waals surface area contributed by atoms with E-state index in [0.717, 1.165) is 43.7 Å². The molecule has 34 heavy (non-hydrogen) atoms. The van der Waals surface area contributed by atoms with E-state index in [1.807, 2.05) is 30.6 Å². The Morgan fingerprint density at radius 3 is 2.53 bits per heavy atom. The third-order valence-corrected chi connectivity index (χ3v) is 6.18. The van der Waals surface area contributed by atoms with E-state index in [4.69, 9.17) is 4.74 Å². The number of likely N-dealkylation sites (tertiary alicyclic amines) is 1. The molecule has 2 aromatic carbocycles. The van der Waals surface area contributed by atoms with E-state index < -0.39 is 0 Å². The van der Waals surface area contributed by atoms with Crippen LogP contribution in [0.15, 0.2) is 72.0 Å². The van der Waals surface area contributed by atoms with Gasteiger partial charge in [0, 0.05) is 38.1 Å². The Morgan fingerprint density at radius 1 is 1.06 bits per heavy atom. The van der Waals surface area contributed by atoms with Crippen LogP contribution >= 0.6 is 24.0 Å². The summed E-state index contributed by atoms with van der Waals surface area (Å²) in [6.07, 6.45) is 6.35. The van der Waals surface area contributed by atoms with E-state index in [9.17, 15) is 0 Å². The van der Waals surface area contributed by atoms with E-state index >= 15 is 0 Å². The van der Waals surface area contributed by atoms with Gasteiger partial charge in [-0.3, -0.25) is 9.89 Å². The first-order valence-electron chi connectivity index (χ1n) is 11.6. The van der Waals surface area contributed by atoms with Crippen molar-refractivity contribution in [3.8, 4) is 5.75 Å². The van der Waals surface area contributed by atoms with E-state index in [2.05, 4.69) is 66.5 Å².